The zero-order chi connectivity index (χ0) is 17.6. The molecule has 26 heavy (non-hydrogen) atoms. The number of ether oxygens (including phenoxy) is 1. The fourth-order valence-electron chi connectivity index (χ4n) is 3.34. The highest BCUT2D eigenvalue weighted by Crippen LogP contribution is 2.29. The first-order valence-electron chi connectivity index (χ1n) is 9.38. The van der Waals surface area contributed by atoms with Crippen molar-refractivity contribution < 1.29 is 4.74 Å². The molecule has 0 unspecified atom stereocenters. The molecule has 1 aliphatic heterocycles. The van der Waals surface area contributed by atoms with Gasteiger partial charge in [-0.3, -0.25) is 4.90 Å². The van der Waals surface area contributed by atoms with E-state index in [2.05, 4.69) is 49.6 Å². The van der Waals surface area contributed by atoms with E-state index in [-0.39, 0.29) is 0 Å². The van der Waals surface area contributed by atoms with Gasteiger partial charge in [0.05, 0.1) is 11.3 Å². The van der Waals surface area contributed by atoms with E-state index < -0.39 is 0 Å². The van der Waals surface area contributed by atoms with E-state index in [1.54, 1.807) is 22.9 Å². The van der Waals surface area contributed by atoms with Crippen LogP contribution in [0, 0.1) is 0 Å². The van der Waals surface area contributed by atoms with Crippen LogP contribution in [0.25, 0.3) is 10.1 Å². The summed E-state index contributed by atoms with van der Waals surface area (Å²) in [5.74, 6) is 1.97. The molecule has 1 saturated heterocycles. The lowest BCUT2D eigenvalue weighted by molar-refractivity contribution is 0.221. The van der Waals surface area contributed by atoms with Crippen LogP contribution in [0.15, 0.2) is 35.0 Å². The van der Waals surface area contributed by atoms with Crippen LogP contribution in [-0.2, 0) is 6.54 Å². The van der Waals surface area contributed by atoms with E-state index in [0.717, 1.165) is 37.7 Å². The lowest BCUT2D eigenvalue weighted by Gasteiger charge is -2.26. The van der Waals surface area contributed by atoms with Gasteiger partial charge < -0.3 is 10.1 Å². The number of nitrogens with one attached hydrogen (secondary N) is 1. The first-order valence-corrected chi connectivity index (χ1v) is 11.1. The fourth-order valence-corrected chi connectivity index (χ4v) is 5.05. The monoisotopic (exact) mass is 387 g/mol. The van der Waals surface area contributed by atoms with Crippen molar-refractivity contribution in [3.63, 3.8) is 0 Å². The summed E-state index contributed by atoms with van der Waals surface area (Å²) in [4.78, 5) is 2.55. The maximum Gasteiger partial charge on any atom is 0.148 e. The number of rotatable bonds is 8. The second-order valence-corrected chi connectivity index (χ2v) is 8.34. The minimum Gasteiger partial charge on any atom is -0.494 e. The Morgan fingerprint density at radius 3 is 2.77 bits per heavy atom. The van der Waals surface area contributed by atoms with Crippen molar-refractivity contribution in [1.29, 1.82) is 0 Å². The molecule has 4 nitrogen and oxygen atoms in total. The van der Waals surface area contributed by atoms with E-state index in [9.17, 15) is 0 Å². The number of hydrogen-bond acceptors (Lipinski definition) is 6. The highest BCUT2D eigenvalue weighted by molar-refractivity contribution is 7.19. The van der Waals surface area contributed by atoms with Gasteiger partial charge in [-0.25, -0.2) is 0 Å². The summed E-state index contributed by atoms with van der Waals surface area (Å²) < 4.78 is 11.6. The maximum absolute atomic E-state index is 5.87. The normalized spacial score (nSPS) is 15.4. The Morgan fingerprint density at radius 2 is 1.92 bits per heavy atom. The van der Waals surface area contributed by atoms with Crippen LogP contribution in [0.4, 0.5) is 5.82 Å². The topological polar surface area (TPSA) is 37.4 Å². The molecular weight excluding hydrogens is 362 g/mol. The third-order valence-corrected chi connectivity index (χ3v) is 6.48. The maximum atomic E-state index is 5.87. The van der Waals surface area contributed by atoms with E-state index in [0.29, 0.717) is 0 Å². The van der Waals surface area contributed by atoms with Crippen molar-refractivity contribution >= 4 is 38.8 Å². The van der Waals surface area contributed by atoms with Crippen LogP contribution in [0.1, 0.15) is 31.2 Å². The van der Waals surface area contributed by atoms with Gasteiger partial charge in [0.2, 0.25) is 0 Å². The molecule has 1 aromatic carbocycles. The molecule has 0 spiro atoms. The summed E-state index contributed by atoms with van der Waals surface area (Å²) in [6, 6.07) is 8.60. The SMILES string of the molecule is c1cc(OCCCNc2nsc3cscc23)ccc1CN1CCCCC1. The Bertz CT molecular complexity index is 806. The number of aromatic nitrogens is 1. The lowest BCUT2D eigenvalue weighted by atomic mass is 10.1. The quantitative estimate of drug-likeness (QED) is 0.537. The second-order valence-electron chi connectivity index (χ2n) is 6.79. The third-order valence-electron chi connectivity index (χ3n) is 4.78. The summed E-state index contributed by atoms with van der Waals surface area (Å²) in [6.07, 6.45) is 5.03. The van der Waals surface area contributed by atoms with Crippen molar-refractivity contribution in [1.82, 2.24) is 9.27 Å². The van der Waals surface area contributed by atoms with Crippen LogP contribution in [0.2, 0.25) is 0 Å². The molecule has 1 fully saturated rings. The van der Waals surface area contributed by atoms with Gasteiger partial charge in [-0.1, -0.05) is 18.6 Å². The predicted octanol–water partition coefficient (Wildman–Crippen LogP) is 5.22. The Morgan fingerprint density at radius 1 is 1.08 bits per heavy atom. The lowest BCUT2D eigenvalue weighted by Crippen LogP contribution is -2.28. The zero-order valence-electron chi connectivity index (χ0n) is 14.9. The molecule has 3 heterocycles. The molecule has 138 valence electrons. The molecule has 2 aromatic heterocycles. The summed E-state index contributed by atoms with van der Waals surface area (Å²) >= 11 is 3.29. The van der Waals surface area contributed by atoms with Gasteiger partial charge in [-0.05, 0) is 61.6 Å². The number of likely N-dealkylation sites (tertiary alicyclic amines) is 1. The number of benzene rings is 1. The van der Waals surface area contributed by atoms with E-state index >= 15 is 0 Å². The van der Waals surface area contributed by atoms with E-state index in [4.69, 9.17) is 4.74 Å². The van der Waals surface area contributed by atoms with Gasteiger partial charge in [-0.2, -0.15) is 15.7 Å². The van der Waals surface area contributed by atoms with E-state index in [1.807, 2.05) is 0 Å². The summed E-state index contributed by atoms with van der Waals surface area (Å²) in [6.45, 7) is 5.13. The van der Waals surface area contributed by atoms with Crippen LogP contribution < -0.4 is 10.1 Å². The number of nitrogens with zero attached hydrogens (tertiary/aromatic N) is 2. The Hall–Kier alpha value is -1.63. The largest absolute Gasteiger partial charge is 0.494 e. The molecule has 0 bridgehead atoms. The van der Waals surface area contributed by atoms with Crippen molar-refractivity contribution in [2.75, 3.05) is 31.6 Å². The highest BCUT2D eigenvalue weighted by Gasteiger charge is 2.10. The predicted molar refractivity (Wildman–Crippen MR) is 112 cm³/mol. The molecular formula is C20H25N3OS2. The van der Waals surface area contributed by atoms with Gasteiger partial charge in [0.15, 0.2) is 0 Å². The average Bonchev–Trinajstić information content (AvgIpc) is 3.28. The molecule has 6 heteroatoms. The molecule has 0 aliphatic carbocycles. The van der Waals surface area contributed by atoms with Gasteiger partial charge in [0.25, 0.3) is 0 Å². The van der Waals surface area contributed by atoms with Crippen molar-refractivity contribution in [2.45, 2.75) is 32.2 Å². The van der Waals surface area contributed by atoms with Crippen molar-refractivity contribution in [3.05, 3.63) is 40.6 Å². The molecule has 0 amide bonds. The standard InChI is InChI=1S/C20H25N3OS2/c1-2-10-23(11-3-1)13-16-5-7-17(8-6-16)24-12-4-9-21-20-18-14-25-15-19(18)26-22-20/h5-8,14-15H,1-4,9-13H2,(H,21,22). The number of thiophene rings is 1. The smallest absolute Gasteiger partial charge is 0.148 e. The van der Waals surface area contributed by atoms with Gasteiger partial charge in [0.1, 0.15) is 11.6 Å². The number of fused-ring (bicyclic) bond motifs is 1. The van der Waals surface area contributed by atoms with Crippen molar-refractivity contribution in [3.8, 4) is 5.75 Å². The van der Waals surface area contributed by atoms with Crippen LogP contribution in [-0.4, -0.2) is 35.5 Å². The van der Waals surface area contributed by atoms with Crippen LogP contribution in [0.3, 0.4) is 0 Å². The molecule has 4 rings (SSSR count). The molecule has 0 saturated carbocycles. The molecule has 3 aromatic rings. The minimum atomic E-state index is 0.718. The van der Waals surface area contributed by atoms with E-state index in [1.165, 1.54) is 48.0 Å². The zero-order valence-corrected chi connectivity index (χ0v) is 16.6. The Kier molecular flexibility index (Phi) is 6.04. The van der Waals surface area contributed by atoms with Crippen molar-refractivity contribution in [2.24, 2.45) is 0 Å². The first kappa shape index (κ1) is 17.8. The van der Waals surface area contributed by atoms with Gasteiger partial charge in [0, 0.05) is 29.2 Å². The fraction of sp³-hybridized carbons (Fsp3) is 0.450. The molecule has 0 atom stereocenters. The minimum absolute atomic E-state index is 0.718. The second kappa shape index (κ2) is 8.84. The highest BCUT2D eigenvalue weighted by atomic mass is 32.1. The summed E-state index contributed by atoms with van der Waals surface area (Å²) in [5.41, 5.74) is 1.38. The van der Waals surface area contributed by atoms with Gasteiger partial charge in [-0.15, -0.1) is 0 Å². The summed E-state index contributed by atoms with van der Waals surface area (Å²) in [5, 5.41) is 8.96. The molecule has 1 N–H and O–H groups in total. The summed E-state index contributed by atoms with van der Waals surface area (Å²) in [7, 11) is 0. The number of hydrogen-bond donors (Lipinski definition) is 1. The number of piperidine rings is 1. The van der Waals surface area contributed by atoms with Crippen LogP contribution in [0.5, 0.6) is 5.75 Å². The average molecular weight is 388 g/mol. The first-order chi connectivity index (χ1) is 12.9. The number of anilines is 1. The molecule has 0 radical (unpaired) electrons. The van der Waals surface area contributed by atoms with Gasteiger partial charge >= 0.3 is 0 Å². The third kappa shape index (κ3) is 4.55. The molecule has 1 aliphatic rings. The Labute approximate surface area is 163 Å². The van der Waals surface area contributed by atoms with Crippen LogP contribution >= 0.6 is 22.9 Å². The Balaban J connectivity index is 1.17.